The molecule has 0 unspecified atom stereocenters. The molecule has 3 atom stereocenters. The number of anilines is 2. The van der Waals surface area contributed by atoms with Gasteiger partial charge in [-0.05, 0) is 54.5 Å². The Bertz CT molecular complexity index is 3100. The number of piperazine rings is 1. The first-order valence-electron chi connectivity index (χ1n) is 27.1. The van der Waals surface area contributed by atoms with Crippen molar-refractivity contribution in [3.05, 3.63) is 101 Å². The van der Waals surface area contributed by atoms with Crippen LogP contribution in [0.3, 0.4) is 0 Å². The summed E-state index contributed by atoms with van der Waals surface area (Å²) < 4.78 is 34.4. The minimum atomic E-state index is -0.953. The Morgan fingerprint density at radius 1 is 0.887 bits per heavy atom. The van der Waals surface area contributed by atoms with Crippen molar-refractivity contribution < 1.29 is 47.7 Å². The van der Waals surface area contributed by atoms with Crippen LogP contribution in [0.25, 0.3) is 27.3 Å². The second-order valence-electron chi connectivity index (χ2n) is 21.4. The summed E-state index contributed by atoms with van der Waals surface area (Å²) >= 11 is 1.57. The number of imidazole rings is 1. The largest absolute Gasteiger partial charge is 0.391 e. The first-order valence-corrected chi connectivity index (χ1v) is 28.0. The molecule has 9 rings (SSSR count). The summed E-state index contributed by atoms with van der Waals surface area (Å²) in [6.45, 7) is 11.4. The van der Waals surface area contributed by atoms with Gasteiger partial charge in [0.1, 0.15) is 17.9 Å². The maximum Gasteiger partial charge on any atom is 0.254 e. The molecule has 22 nitrogen and oxygen atoms in total. The van der Waals surface area contributed by atoms with Gasteiger partial charge in [-0.2, -0.15) is 5.10 Å². The van der Waals surface area contributed by atoms with Gasteiger partial charge in [0.25, 0.3) is 5.91 Å². The number of aryl methyl sites for hydroxylation is 1. The van der Waals surface area contributed by atoms with Gasteiger partial charge in [0.2, 0.25) is 23.6 Å². The van der Waals surface area contributed by atoms with E-state index >= 15 is 4.39 Å². The van der Waals surface area contributed by atoms with E-state index in [0.717, 1.165) is 51.5 Å². The number of nitrogens with zero attached hydrogens (tertiary/aromatic N) is 8. The zero-order chi connectivity index (χ0) is 56.3. The fraction of sp³-hybridized carbons (Fsp3) is 0.482. The molecule has 0 radical (unpaired) electrons. The Morgan fingerprint density at radius 3 is 2.30 bits per heavy atom. The number of nitrogens with one attached hydrogen (secondary N) is 5. The molecule has 3 fully saturated rings. The normalized spacial score (nSPS) is 17.2. The molecule has 1 saturated carbocycles. The zero-order valence-corrected chi connectivity index (χ0v) is 46.4. The van der Waals surface area contributed by atoms with Crippen LogP contribution in [0.15, 0.2) is 72.8 Å². The van der Waals surface area contributed by atoms with Gasteiger partial charge in [0, 0.05) is 88.1 Å². The number of aromatic nitrogens is 6. The average molecular weight is 1120 g/mol. The first kappa shape index (κ1) is 57.5. The summed E-state index contributed by atoms with van der Waals surface area (Å²) in [5, 5.41) is 29.2. The van der Waals surface area contributed by atoms with Crippen molar-refractivity contribution in [2.75, 3.05) is 90.8 Å². The molecule has 2 aromatic carbocycles. The number of β-amino-alcohol motifs (C(OH)–C–C–N with tert-alkyl or cyclic N) is 1. The number of aliphatic hydroxyl groups is 1. The second kappa shape index (κ2) is 26.4. The van der Waals surface area contributed by atoms with Crippen LogP contribution in [0.4, 0.5) is 15.9 Å². The van der Waals surface area contributed by atoms with Crippen molar-refractivity contribution in [2.24, 2.45) is 5.41 Å². The molecule has 2 saturated heterocycles. The molecule has 24 heteroatoms. The van der Waals surface area contributed by atoms with Crippen molar-refractivity contribution in [2.45, 2.75) is 84.0 Å². The molecule has 6 aromatic rings. The van der Waals surface area contributed by atoms with Crippen molar-refractivity contribution in [1.29, 1.82) is 0 Å². The van der Waals surface area contributed by atoms with Crippen molar-refractivity contribution >= 4 is 58.0 Å². The SMILES string of the molecule is Cc1ncsc1-c1ccc(CNC(=O)[C@@H]2C[C@@H](O)CN2C(=O)[C@@H](NC(=O)CCOCCOCCOCCNC(=O)CN2CCN(C(=O)c3ccc(Nc4nc(C5CC5)cn5c(-c6cn[nH]c6)cnc45)c(F)c3)CC2)C(C)(C)C)cc1. The Balaban J connectivity index is 0.606. The lowest BCUT2D eigenvalue weighted by Crippen LogP contribution is -2.57. The number of hydrogen-bond acceptors (Lipinski definition) is 16. The van der Waals surface area contributed by atoms with Gasteiger partial charge < -0.3 is 50.4 Å². The summed E-state index contributed by atoms with van der Waals surface area (Å²) in [7, 11) is 0. The molecule has 2 aliphatic heterocycles. The molecule has 4 aromatic heterocycles. The van der Waals surface area contributed by atoms with Crippen LogP contribution in [0.2, 0.25) is 0 Å². The van der Waals surface area contributed by atoms with E-state index in [4.69, 9.17) is 19.2 Å². The molecular weight excluding hydrogens is 1050 g/mol. The standard InChI is InChI=1S/C56H70FN13O9S/c1-35-49(80-34-61-35)38-7-5-36(6-8-38)27-60-53(74)45-26-41(71)31-70(45)55(76)50(56(2,3)4)66-47(72)13-19-77-21-23-79-24-22-78-20-14-58-48(73)33-67-15-17-68(18-16-67)54(75)39-11-12-43(42(57)25-39)64-51-52-59-30-46(40-28-62-63-29-40)69(52)32-44(65-51)37-9-10-37/h5-8,11-12,25,28-30,32,34,37,41,45,50,71H,9-10,13-24,26-27,31,33H2,1-4H3,(H,58,73)(H,60,74)(H,62,63)(H,64,65)(H,66,72)/t41-,45+,50-/m1/s1. The lowest BCUT2D eigenvalue weighted by atomic mass is 9.85. The summed E-state index contributed by atoms with van der Waals surface area (Å²) in [4.78, 5) is 86.4. The number of likely N-dealkylation sites (tertiary alicyclic amines) is 1. The number of benzene rings is 2. The van der Waals surface area contributed by atoms with E-state index in [-0.39, 0.29) is 93.8 Å². The maximum atomic E-state index is 15.6. The van der Waals surface area contributed by atoms with Crippen molar-refractivity contribution in [3.63, 3.8) is 0 Å². The number of H-pyrrole nitrogens is 1. The van der Waals surface area contributed by atoms with Crippen LogP contribution in [0.5, 0.6) is 0 Å². The van der Waals surface area contributed by atoms with Gasteiger partial charge in [0.15, 0.2) is 11.5 Å². The number of thiazole rings is 1. The zero-order valence-electron chi connectivity index (χ0n) is 45.5. The minimum absolute atomic E-state index is 0.00304. The van der Waals surface area contributed by atoms with E-state index in [1.54, 1.807) is 52.5 Å². The van der Waals surface area contributed by atoms with E-state index < -0.39 is 35.3 Å². The van der Waals surface area contributed by atoms with Gasteiger partial charge in [-0.15, -0.1) is 11.3 Å². The predicted molar refractivity (Wildman–Crippen MR) is 296 cm³/mol. The molecule has 1 aliphatic carbocycles. The molecule has 6 heterocycles. The number of aromatic amines is 1. The Hall–Kier alpha value is -7.22. The van der Waals surface area contributed by atoms with Crippen LogP contribution in [0, 0.1) is 18.2 Å². The number of amides is 5. The van der Waals surface area contributed by atoms with Crippen molar-refractivity contribution in [1.82, 2.24) is 60.2 Å². The lowest BCUT2D eigenvalue weighted by molar-refractivity contribution is -0.144. The monoisotopic (exact) mass is 1120 g/mol. The van der Waals surface area contributed by atoms with Gasteiger partial charge in [0.05, 0.1) is 97.8 Å². The number of hydrogen-bond donors (Lipinski definition) is 6. The molecule has 426 valence electrons. The molecule has 3 aliphatic rings. The van der Waals surface area contributed by atoms with E-state index in [9.17, 15) is 29.1 Å². The summed E-state index contributed by atoms with van der Waals surface area (Å²) in [5.74, 6) is -1.51. The van der Waals surface area contributed by atoms with Gasteiger partial charge in [-0.1, -0.05) is 45.0 Å². The van der Waals surface area contributed by atoms with Gasteiger partial charge in [-0.25, -0.2) is 19.3 Å². The molecule has 0 spiro atoms. The van der Waals surface area contributed by atoms with Crippen LogP contribution in [-0.2, 0) is 39.9 Å². The highest BCUT2D eigenvalue weighted by atomic mass is 32.1. The van der Waals surface area contributed by atoms with Crippen LogP contribution < -0.4 is 21.3 Å². The number of fused-ring (bicyclic) bond motifs is 1. The number of ether oxygens (including phenoxy) is 3. The number of carbonyl (C=O) groups is 5. The predicted octanol–water partition coefficient (Wildman–Crippen LogP) is 4.43. The van der Waals surface area contributed by atoms with E-state index in [2.05, 4.69) is 41.4 Å². The first-order chi connectivity index (χ1) is 38.6. The molecule has 0 bridgehead atoms. The topological polar surface area (TPSA) is 263 Å². The number of carbonyl (C=O) groups excluding carboxylic acids is 5. The highest BCUT2D eigenvalue weighted by molar-refractivity contribution is 7.13. The average Bonchev–Trinajstić information content (AvgIpc) is 3.78. The van der Waals surface area contributed by atoms with E-state index in [0.29, 0.717) is 63.3 Å². The third kappa shape index (κ3) is 14.8. The summed E-state index contributed by atoms with van der Waals surface area (Å²) in [6, 6.07) is 10.4. The van der Waals surface area contributed by atoms with Crippen molar-refractivity contribution in [3.8, 4) is 21.7 Å². The third-order valence-electron chi connectivity index (χ3n) is 14.3. The Morgan fingerprint density at radius 2 is 1.62 bits per heavy atom. The molecule has 6 N–H and O–H groups in total. The highest BCUT2D eigenvalue weighted by Crippen LogP contribution is 2.41. The Labute approximate surface area is 467 Å². The number of rotatable bonds is 25. The highest BCUT2D eigenvalue weighted by Gasteiger charge is 2.44. The maximum absolute atomic E-state index is 15.6. The fourth-order valence-electron chi connectivity index (χ4n) is 9.68. The summed E-state index contributed by atoms with van der Waals surface area (Å²) in [5.41, 5.74) is 7.51. The third-order valence-corrected chi connectivity index (χ3v) is 15.3. The van der Waals surface area contributed by atoms with Gasteiger partial charge >= 0.3 is 0 Å². The number of halogens is 1. The van der Waals surface area contributed by atoms with Crippen LogP contribution >= 0.6 is 11.3 Å². The quantitative estimate of drug-likeness (QED) is 0.0433. The molecule has 80 heavy (non-hydrogen) atoms. The minimum Gasteiger partial charge on any atom is -0.391 e. The van der Waals surface area contributed by atoms with E-state index in [1.165, 1.54) is 11.0 Å². The fourth-order valence-corrected chi connectivity index (χ4v) is 10.5. The Kier molecular flexibility index (Phi) is 18.9. The molecule has 5 amide bonds. The summed E-state index contributed by atoms with van der Waals surface area (Å²) in [6.07, 6.45) is 8.48. The van der Waals surface area contributed by atoms with Crippen LogP contribution in [-0.4, -0.2) is 183 Å². The van der Waals surface area contributed by atoms with E-state index in [1.807, 2.05) is 67.5 Å². The second-order valence-corrected chi connectivity index (χ2v) is 22.2. The molecular formula is C56H70FN13O9S. The lowest BCUT2D eigenvalue weighted by Gasteiger charge is -2.35. The number of aliphatic hydroxyl groups excluding tert-OH is 1. The van der Waals surface area contributed by atoms with Crippen LogP contribution in [0.1, 0.15) is 79.7 Å². The van der Waals surface area contributed by atoms with Gasteiger partial charge in [-0.3, -0.25) is 38.4 Å². The smallest absolute Gasteiger partial charge is 0.254 e.